The summed E-state index contributed by atoms with van der Waals surface area (Å²) in [6.07, 6.45) is 0.474. The van der Waals surface area contributed by atoms with Gasteiger partial charge in [-0.2, -0.15) is 0 Å². The van der Waals surface area contributed by atoms with Gasteiger partial charge in [-0.1, -0.05) is 45.7 Å². The molecule has 0 heterocycles. The molecule has 0 spiro atoms. The second-order valence-corrected chi connectivity index (χ2v) is 5.37. The summed E-state index contributed by atoms with van der Waals surface area (Å²) in [7, 11) is 0. The van der Waals surface area contributed by atoms with Crippen molar-refractivity contribution in [1.29, 1.82) is 0 Å². The van der Waals surface area contributed by atoms with Crippen LogP contribution in [0.1, 0.15) is 11.1 Å². The minimum absolute atomic E-state index is 0.123. The van der Waals surface area contributed by atoms with Crippen molar-refractivity contribution in [3.8, 4) is 5.75 Å². The third kappa shape index (κ3) is 4.19. The summed E-state index contributed by atoms with van der Waals surface area (Å²) in [5.41, 5.74) is 1.74. The first kappa shape index (κ1) is 15.8. The Labute approximate surface area is 136 Å². The highest BCUT2D eigenvalue weighted by atomic mass is 79.9. The number of hydrogen-bond donors (Lipinski definition) is 0. The lowest BCUT2D eigenvalue weighted by Gasteiger charge is -2.10. The Hall–Kier alpha value is -1.59. The van der Waals surface area contributed by atoms with Crippen LogP contribution in [0.25, 0.3) is 0 Å². The number of halogens is 2. The van der Waals surface area contributed by atoms with Crippen molar-refractivity contribution < 1.29 is 9.66 Å². The van der Waals surface area contributed by atoms with Crippen LogP contribution in [0.5, 0.6) is 5.75 Å². The summed E-state index contributed by atoms with van der Waals surface area (Å²) in [6, 6.07) is 12.1. The van der Waals surface area contributed by atoms with E-state index in [0.717, 1.165) is 11.3 Å². The number of nitro groups is 1. The summed E-state index contributed by atoms with van der Waals surface area (Å²) in [4.78, 5) is 10.6. The van der Waals surface area contributed by atoms with E-state index in [2.05, 4.69) is 15.9 Å². The number of alkyl halides is 1. The van der Waals surface area contributed by atoms with E-state index in [1.807, 2.05) is 6.07 Å². The Morgan fingerprint density at radius 2 is 1.95 bits per heavy atom. The summed E-state index contributed by atoms with van der Waals surface area (Å²) in [6.45, 7) is 0.368. The molecule has 0 saturated carbocycles. The Kier molecular flexibility index (Phi) is 5.59. The number of rotatable bonds is 6. The van der Waals surface area contributed by atoms with Crippen LogP contribution in [0.4, 0.5) is 5.69 Å². The van der Waals surface area contributed by atoms with Gasteiger partial charge < -0.3 is 4.74 Å². The van der Waals surface area contributed by atoms with Crippen LogP contribution in [0.15, 0.2) is 42.5 Å². The predicted octanol–water partition coefficient (Wildman–Crippen LogP) is 4.76. The van der Waals surface area contributed by atoms with Crippen molar-refractivity contribution in [1.82, 2.24) is 0 Å². The van der Waals surface area contributed by atoms with Crippen LogP contribution in [0.3, 0.4) is 0 Å². The molecule has 0 atom stereocenters. The molecule has 2 aromatic carbocycles. The van der Waals surface area contributed by atoms with Gasteiger partial charge in [0.05, 0.1) is 11.5 Å². The standard InChI is InChI=1S/C15H13BrClNO3/c16-10-12-9-13(17)5-6-15(12)21-8-7-11-3-1-2-4-14(11)18(19)20/h1-6,9H,7-8,10H2. The average molecular weight is 371 g/mol. The van der Waals surface area contributed by atoms with E-state index >= 15 is 0 Å². The second-order valence-electron chi connectivity index (χ2n) is 4.37. The molecule has 110 valence electrons. The maximum atomic E-state index is 10.9. The van der Waals surface area contributed by atoms with Crippen molar-refractivity contribution in [3.63, 3.8) is 0 Å². The van der Waals surface area contributed by atoms with E-state index in [1.165, 1.54) is 6.07 Å². The van der Waals surface area contributed by atoms with Crippen LogP contribution >= 0.6 is 27.5 Å². The number of para-hydroxylation sites is 1. The van der Waals surface area contributed by atoms with Crippen LogP contribution in [0.2, 0.25) is 5.02 Å². The first-order valence-electron chi connectivity index (χ1n) is 6.31. The lowest BCUT2D eigenvalue weighted by Crippen LogP contribution is -2.05. The molecule has 0 unspecified atom stereocenters. The Balaban J connectivity index is 2.04. The molecule has 0 amide bonds. The summed E-state index contributed by atoms with van der Waals surface area (Å²) in [5.74, 6) is 0.731. The van der Waals surface area contributed by atoms with Gasteiger partial charge in [0.1, 0.15) is 5.75 Å². The SMILES string of the molecule is O=[N+]([O-])c1ccccc1CCOc1ccc(Cl)cc1CBr. The molecule has 0 saturated heterocycles. The molecule has 21 heavy (non-hydrogen) atoms. The normalized spacial score (nSPS) is 10.4. The highest BCUT2D eigenvalue weighted by molar-refractivity contribution is 9.08. The topological polar surface area (TPSA) is 52.4 Å². The number of nitro benzene ring substituents is 1. The van der Waals surface area contributed by atoms with Crippen LogP contribution in [-0.2, 0) is 11.8 Å². The predicted molar refractivity (Wildman–Crippen MR) is 86.4 cm³/mol. The van der Waals surface area contributed by atoms with Crippen LogP contribution in [0, 0.1) is 10.1 Å². The van der Waals surface area contributed by atoms with E-state index in [9.17, 15) is 10.1 Å². The quantitative estimate of drug-likeness (QED) is 0.418. The second kappa shape index (κ2) is 7.43. The molecule has 2 aromatic rings. The molecule has 0 bridgehead atoms. The van der Waals surface area contributed by atoms with E-state index in [4.69, 9.17) is 16.3 Å². The molecule has 4 nitrogen and oxygen atoms in total. The summed E-state index contributed by atoms with van der Waals surface area (Å²) >= 11 is 9.31. The summed E-state index contributed by atoms with van der Waals surface area (Å²) < 4.78 is 5.71. The average Bonchev–Trinajstić information content (AvgIpc) is 2.49. The number of ether oxygens (including phenoxy) is 1. The number of benzene rings is 2. The zero-order valence-corrected chi connectivity index (χ0v) is 13.4. The minimum atomic E-state index is -0.373. The minimum Gasteiger partial charge on any atom is -0.493 e. The largest absolute Gasteiger partial charge is 0.493 e. The molecule has 0 aliphatic carbocycles. The van der Waals surface area contributed by atoms with Crippen molar-refractivity contribution in [2.75, 3.05) is 6.61 Å². The third-order valence-corrected chi connectivity index (χ3v) is 3.82. The van der Waals surface area contributed by atoms with Crippen LogP contribution in [-0.4, -0.2) is 11.5 Å². The van der Waals surface area contributed by atoms with Crippen LogP contribution < -0.4 is 4.74 Å². The fourth-order valence-electron chi connectivity index (χ4n) is 1.96. The first-order chi connectivity index (χ1) is 10.1. The molecule has 0 fully saturated rings. The van der Waals surface area contributed by atoms with Gasteiger partial charge in [0.15, 0.2) is 0 Å². The molecule has 0 aromatic heterocycles. The molecular weight excluding hydrogens is 358 g/mol. The Bertz CT molecular complexity index is 649. The lowest BCUT2D eigenvalue weighted by molar-refractivity contribution is -0.385. The molecule has 0 aliphatic rings. The van der Waals surface area contributed by atoms with Gasteiger partial charge in [-0.25, -0.2) is 0 Å². The van der Waals surface area contributed by atoms with Gasteiger partial charge >= 0.3 is 0 Å². The van der Waals surface area contributed by atoms with Crippen molar-refractivity contribution in [2.45, 2.75) is 11.8 Å². The van der Waals surface area contributed by atoms with Gasteiger partial charge in [-0.05, 0) is 18.2 Å². The fourth-order valence-corrected chi connectivity index (χ4v) is 2.60. The monoisotopic (exact) mass is 369 g/mol. The molecule has 6 heteroatoms. The van der Waals surface area contributed by atoms with Gasteiger partial charge in [-0.15, -0.1) is 0 Å². The summed E-state index contributed by atoms with van der Waals surface area (Å²) in [5, 5.41) is 12.2. The first-order valence-corrected chi connectivity index (χ1v) is 7.81. The van der Waals surface area contributed by atoms with Gasteiger partial charge in [0.25, 0.3) is 5.69 Å². The van der Waals surface area contributed by atoms with E-state index in [1.54, 1.807) is 30.3 Å². The number of nitrogens with zero attached hydrogens (tertiary/aromatic N) is 1. The highest BCUT2D eigenvalue weighted by Crippen LogP contribution is 2.25. The third-order valence-electron chi connectivity index (χ3n) is 2.98. The maximum absolute atomic E-state index is 10.9. The van der Waals surface area contributed by atoms with E-state index in [-0.39, 0.29) is 10.6 Å². The lowest BCUT2D eigenvalue weighted by atomic mass is 10.1. The Morgan fingerprint density at radius 1 is 1.19 bits per heavy atom. The zero-order valence-electron chi connectivity index (χ0n) is 11.1. The fraction of sp³-hybridized carbons (Fsp3) is 0.200. The molecule has 0 aliphatic heterocycles. The van der Waals surface area contributed by atoms with Gasteiger partial charge in [0.2, 0.25) is 0 Å². The van der Waals surface area contributed by atoms with Gasteiger partial charge in [0, 0.05) is 34.0 Å². The van der Waals surface area contributed by atoms with E-state index < -0.39 is 0 Å². The smallest absolute Gasteiger partial charge is 0.272 e. The molecular formula is C15H13BrClNO3. The van der Waals surface area contributed by atoms with Gasteiger partial charge in [-0.3, -0.25) is 10.1 Å². The Morgan fingerprint density at radius 3 is 2.67 bits per heavy atom. The van der Waals surface area contributed by atoms with E-state index in [0.29, 0.717) is 28.9 Å². The molecule has 0 N–H and O–H groups in total. The van der Waals surface area contributed by atoms with Crippen molar-refractivity contribution in [2.24, 2.45) is 0 Å². The highest BCUT2D eigenvalue weighted by Gasteiger charge is 2.12. The zero-order chi connectivity index (χ0) is 15.2. The van der Waals surface area contributed by atoms with Crippen molar-refractivity contribution >= 4 is 33.2 Å². The maximum Gasteiger partial charge on any atom is 0.272 e. The van der Waals surface area contributed by atoms with Crippen molar-refractivity contribution in [3.05, 3.63) is 68.7 Å². The molecule has 0 radical (unpaired) electrons. The molecule has 2 rings (SSSR count). The number of hydrogen-bond acceptors (Lipinski definition) is 3.